The number of rotatable bonds is 3. The molecule has 1 saturated heterocycles. The lowest BCUT2D eigenvalue weighted by Crippen LogP contribution is -2.38. The lowest BCUT2D eigenvalue weighted by molar-refractivity contribution is -0.144. The Morgan fingerprint density at radius 3 is 3.00 bits per heavy atom. The molecule has 0 aliphatic carbocycles. The third kappa shape index (κ3) is 2.28. The number of ether oxygens (including phenoxy) is 1. The van der Waals surface area contributed by atoms with Crippen molar-refractivity contribution in [3.05, 3.63) is 11.3 Å². The van der Waals surface area contributed by atoms with Gasteiger partial charge in [0.25, 0.3) is 0 Å². The molecule has 6 heteroatoms. The van der Waals surface area contributed by atoms with E-state index in [0.29, 0.717) is 17.9 Å². The van der Waals surface area contributed by atoms with Crippen molar-refractivity contribution >= 4 is 11.8 Å². The van der Waals surface area contributed by atoms with Crippen LogP contribution in [0.2, 0.25) is 0 Å². The topological polar surface area (TPSA) is 71.2 Å². The van der Waals surface area contributed by atoms with Gasteiger partial charge in [-0.2, -0.15) is 10.4 Å². The van der Waals surface area contributed by atoms with Gasteiger partial charge in [-0.3, -0.25) is 4.68 Å². The Balaban J connectivity index is 2.36. The number of hydrogen-bond acceptors (Lipinski definition) is 5. The predicted molar refractivity (Wildman–Crippen MR) is 69.7 cm³/mol. The fourth-order valence-electron chi connectivity index (χ4n) is 2.61. The van der Waals surface area contributed by atoms with E-state index in [4.69, 9.17) is 4.74 Å². The summed E-state index contributed by atoms with van der Waals surface area (Å²) < 4.78 is 6.78. The molecule has 1 atom stereocenters. The molecule has 0 saturated carbocycles. The first kappa shape index (κ1) is 13.4. The van der Waals surface area contributed by atoms with Crippen LogP contribution in [-0.4, -0.2) is 34.9 Å². The summed E-state index contributed by atoms with van der Waals surface area (Å²) in [6, 6.07) is 1.87. The third-order valence-electron chi connectivity index (χ3n) is 3.39. The fraction of sp³-hybridized carbons (Fsp3) is 0.615. The molecule has 0 spiro atoms. The third-order valence-corrected chi connectivity index (χ3v) is 3.39. The maximum absolute atomic E-state index is 12.0. The van der Waals surface area contributed by atoms with Crippen molar-refractivity contribution < 1.29 is 9.53 Å². The first-order valence-electron chi connectivity index (χ1n) is 6.47. The van der Waals surface area contributed by atoms with Crippen LogP contribution in [0.5, 0.6) is 0 Å². The summed E-state index contributed by atoms with van der Waals surface area (Å²) >= 11 is 0. The second-order valence-corrected chi connectivity index (χ2v) is 4.62. The Bertz CT molecular complexity index is 529. The molecule has 0 bridgehead atoms. The van der Waals surface area contributed by atoms with E-state index >= 15 is 0 Å². The number of carbonyl (C=O) groups is 1. The summed E-state index contributed by atoms with van der Waals surface area (Å²) in [7, 11) is 1.80. The van der Waals surface area contributed by atoms with Crippen LogP contribution in [0, 0.1) is 18.3 Å². The fourth-order valence-corrected chi connectivity index (χ4v) is 2.61. The largest absolute Gasteiger partial charge is 0.464 e. The van der Waals surface area contributed by atoms with Gasteiger partial charge in [0.15, 0.2) is 0 Å². The Morgan fingerprint density at radius 2 is 2.37 bits per heavy atom. The van der Waals surface area contributed by atoms with Crippen molar-refractivity contribution in [1.29, 1.82) is 5.26 Å². The summed E-state index contributed by atoms with van der Waals surface area (Å²) in [6.07, 6.45) is 1.67. The van der Waals surface area contributed by atoms with Gasteiger partial charge in [0, 0.05) is 13.6 Å². The molecule has 102 valence electrons. The highest BCUT2D eigenvalue weighted by Gasteiger charge is 2.35. The molecule has 0 radical (unpaired) electrons. The van der Waals surface area contributed by atoms with Gasteiger partial charge in [-0.15, -0.1) is 0 Å². The van der Waals surface area contributed by atoms with E-state index in [1.807, 2.05) is 4.90 Å². The van der Waals surface area contributed by atoms with Gasteiger partial charge >= 0.3 is 5.97 Å². The molecule has 1 aromatic heterocycles. The lowest BCUT2D eigenvalue weighted by Gasteiger charge is -2.25. The second-order valence-electron chi connectivity index (χ2n) is 4.62. The summed E-state index contributed by atoms with van der Waals surface area (Å²) in [4.78, 5) is 13.9. The van der Waals surface area contributed by atoms with E-state index in [1.54, 1.807) is 25.6 Å². The van der Waals surface area contributed by atoms with Gasteiger partial charge in [0.1, 0.15) is 23.5 Å². The standard InChI is InChI=1S/C13H18N4O2/c1-4-19-13(18)11-6-5-7-17(11)12-10(8-14)9(2)15-16(12)3/h11H,4-7H2,1-3H3. The second kappa shape index (κ2) is 5.31. The maximum atomic E-state index is 12.0. The number of anilines is 1. The van der Waals surface area contributed by atoms with Crippen molar-refractivity contribution in [3.8, 4) is 6.07 Å². The molecule has 6 nitrogen and oxygen atoms in total. The van der Waals surface area contributed by atoms with E-state index in [1.165, 1.54) is 0 Å². The van der Waals surface area contributed by atoms with E-state index in [9.17, 15) is 10.1 Å². The van der Waals surface area contributed by atoms with Gasteiger partial charge in [-0.25, -0.2) is 4.79 Å². The average Bonchev–Trinajstić information content (AvgIpc) is 2.93. The normalized spacial score (nSPS) is 18.4. The van der Waals surface area contributed by atoms with Crippen LogP contribution < -0.4 is 4.90 Å². The van der Waals surface area contributed by atoms with Crippen LogP contribution in [0.3, 0.4) is 0 Å². The minimum atomic E-state index is -0.304. The number of nitriles is 1. The Kier molecular flexibility index (Phi) is 3.74. The SMILES string of the molecule is CCOC(=O)C1CCCN1c1c(C#N)c(C)nn1C. The van der Waals surface area contributed by atoms with Crippen LogP contribution in [0.25, 0.3) is 0 Å². The van der Waals surface area contributed by atoms with Gasteiger partial charge in [-0.1, -0.05) is 0 Å². The van der Waals surface area contributed by atoms with Gasteiger partial charge in [-0.05, 0) is 26.7 Å². The van der Waals surface area contributed by atoms with Crippen LogP contribution in [0.4, 0.5) is 5.82 Å². The van der Waals surface area contributed by atoms with E-state index in [0.717, 1.165) is 25.2 Å². The molecule has 1 aromatic rings. The molecule has 1 unspecified atom stereocenters. The molecule has 1 fully saturated rings. The van der Waals surface area contributed by atoms with Crippen molar-refractivity contribution in [2.75, 3.05) is 18.1 Å². The number of esters is 1. The molecular weight excluding hydrogens is 244 g/mol. The Morgan fingerprint density at radius 1 is 1.63 bits per heavy atom. The number of carbonyl (C=O) groups excluding carboxylic acids is 1. The molecule has 2 rings (SSSR count). The van der Waals surface area contributed by atoms with Crippen LogP contribution >= 0.6 is 0 Å². The van der Waals surface area contributed by atoms with Crippen molar-refractivity contribution in [3.63, 3.8) is 0 Å². The minimum absolute atomic E-state index is 0.220. The number of aryl methyl sites for hydroxylation is 2. The summed E-state index contributed by atoms with van der Waals surface area (Å²) in [6.45, 7) is 4.72. The molecule has 19 heavy (non-hydrogen) atoms. The van der Waals surface area contributed by atoms with Crippen molar-refractivity contribution in [1.82, 2.24) is 9.78 Å². The molecular formula is C13H18N4O2. The highest BCUT2D eigenvalue weighted by molar-refractivity contribution is 5.81. The van der Waals surface area contributed by atoms with Gasteiger partial charge < -0.3 is 9.64 Å². The Labute approximate surface area is 112 Å². The maximum Gasteiger partial charge on any atom is 0.328 e. The van der Waals surface area contributed by atoms with Crippen LogP contribution in [0.15, 0.2) is 0 Å². The zero-order valence-electron chi connectivity index (χ0n) is 11.5. The van der Waals surface area contributed by atoms with E-state index in [2.05, 4.69) is 11.2 Å². The first-order valence-corrected chi connectivity index (χ1v) is 6.47. The molecule has 1 aliphatic heterocycles. The molecule has 0 amide bonds. The van der Waals surface area contributed by atoms with Crippen molar-refractivity contribution in [2.45, 2.75) is 32.7 Å². The summed E-state index contributed by atoms with van der Waals surface area (Å²) in [5.41, 5.74) is 1.23. The summed E-state index contributed by atoms with van der Waals surface area (Å²) in [5.74, 6) is 0.498. The van der Waals surface area contributed by atoms with E-state index < -0.39 is 0 Å². The molecule has 2 heterocycles. The molecule has 0 aromatic carbocycles. The zero-order chi connectivity index (χ0) is 14.0. The molecule has 1 aliphatic rings. The zero-order valence-corrected chi connectivity index (χ0v) is 11.5. The smallest absolute Gasteiger partial charge is 0.328 e. The predicted octanol–water partition coefficient (Wildman–Crippen LogP) is 1.13. The van der Waals surface area contributed by atoms with Crippen molar-refractivity contribution in [2.24, 2.45) is 7.05 Å². The first-order chi connectivity index (χ1) is 9.10. The van der Waals surface area contributed by atoms with Gasteiger partial charge in [0.2, 0.25) is 0 Å². The minimum Gasteiger partial charge on any atom is -0.464 e. The quantitative estimate of drug-likeness (QED) is 0.764. The molecule has 0 N–H and O–H groups in total. The number of aromatic nitrogens is 2. The summed E-state index contributed by atoms with van der Waals surface area (Å²) in [5, 5.41) is 13.5. The number of nitrogens with zero attached hydrogens (tertiary/aromatic N) is 4. The highest BCUT2D eigenvalue weighted by atomic mass is 16.5. The van der Waals surface area contributed by atoms with Gasteiger partial charge in [0.05, 0.1) is 12.3 Å². The Hall–Kier alpha value is -2.03. The highest BCUT2D eigenvalue weighted by Crippen LogP contribution is 2.30. The number of hydrogen-bond donors (Lipinski definition) is 0. The van der Waals surface area contributed by atoms with E-state index in [-0.39, 0.29) is 12.0 Å². The average molecular weight is 262 g/mol. The lowest BCUT2D eigenvalue weighted by atomic mass is 10.2. The monoisotopic (exact) mass is 262 g/mol. The van der Waals surface area contributed by atoms with Crippen LogP contribution in [-0.2, 0) is 16.6 Å². The van der Waals surface area contributed by atoms with Crippen LogP contribution in [0.1, 0.15) is 31.0 Å².